The van der Waals surface area contributed by atoms with E-state index in [1.54, 1.807) is 0 Å². The Labute approximate surface area is 104 Å². The molecule has 0 aliphatic heterocycles. The topological polar surface area (TPSA) is 45.8 Å². The van der Waals surface area contributed by atoms with Crippen LogP contribution in [0.1, 0.15) is 15.9 Å². The number of nitrogens with zero attached hydrogens (tertiary/aromatic N) is 1. The molecule has 3 heteroatoms. The molecule has 2 aromatic carbocycles. The molecule has 1 heterocycles. The lowest BCUT2D eigenvalue weighted by Crippen LogP contribution is -1.84. The second-order valence-electron chi connectivity index (χ2n) is 4.33. The molecule has 0 radical (unpaired) electrons. The van der Waals surface area contributed by atoms with Gasteiger partial charge in [-0.05, 0) is 19.1 Å². The Morgan fingerprint density at radius 3 is 2.78 bits per heavy atom. The smallest absolute Gasteiger partial charge is 0.150 e. The molecule has 0 fully saturated rings. The van der Waals surface area contributed by atoms with Gasteiger partial charge >= 0.3 is 0 Å². The van der Waals surface area contributed by atoms with Crippen LogP contribution in [0.5, 0.6) is 0 Å². The molecule has 88 valence electrons. The van der Waals surface area contributed by atoms with Crippen molar-refractivity contribution in [2.24, 2.45) is 0 Å². The Balaban J connectivity index is 2.33. The van der Waals surface area contributed by atoms with E-state index < -0.39 is 0 Å². The van der Waals surface area contributed by atoms with Crippen molar-refractivity contribution >= 4 is 17.2 Å². The number of carbonyl (C=O) groups excluding carboxylic acids is 1. The molecule has 3 nitrogen and oxygen atoms in total. The molecule has 0 aliphatic rings. The first-order chi connectivity index (χ1) is 8.79. The van der Waals surface area contributed by atoms with E-state index in [1.807, 2.05) is 43.3 Å². The number of hydrogen-bond donors (Lipinski definition) is 1. The predicted molar refractivity (Wildman–Crippen MR) is 71.7 cm³/mol. The zero-order valence-electron chi connectivity index (χ0n) is 9.97. The molecule has 3 rings (SSSR count). The number of aromatic nitrogens is 2. The Hall–Kier alpha value is -2.42. The predicted octanol–water partition coefficient (Wildman–Crippen LogP) is 3.35. The van der Waals surface area contributed by atoms with E-state index in [0.717, 1.165) is 28.4 Å². The Bertz CT molecular complexity index is 728. The zero-order valence-corrected chi connectivity index (χ0v) is 9.97. The third-order valence-corrected chi connectivity index (χ3v) is 3.04. The van der Waals surface area contributed by atoms with Gasteiger partial charge in [0.25, 0.3) is 0 Å². The summed E-state index contributed by atoms with van der Waals surface area (Å²) in [6.45, 7) is 2.04. The highest BCUT2D eigenvalue weighted by Gasteiger charge is 2.11. The fourth-order valence-electron chi connectivity index (χ4n) is 2.20. The summed E-state index contributed by atoms with van der Waals surface area (Å²) < 4.78 is 0. The van der Waals surface area contributed by atoms with Crippen molar-refractivity contribution in [3.8, 4) is 11.3 Å². The first-order valence-corrected chi connectivity index (χ1v) is 5.79. The molecular formula is C15H12N2O. The summed E-state index contributed by atoms with van der Waals surface area (Å²) in [5.41, 5.74) is 4.58. The van der Waals surface area contributed by atoms with Gasteiger partial charge in [0.2, 0.25) is 0 Å². The largest absolute Gasteiger partial charge is 0.298 e. The van der Waals surface area contributed by atoms with Crippen LogP contribution in [0.2, 0.25) is 0 Å². The lowest BCUT2D eigenvalue weighted by molar-refractivity contribution is 0.112. The van der Waals surface area contributed by atoms with Crippen molar-refractivity contribution in [3.05, 3.63) is 53.6 Å². The van der Waals surface area contributed by atoms with Crippen LogP contribution in [0.4, 0.5) is 0 Å². The molecule has 1 N–H and O–H groups in total. The summed E-state index contributed by atoms with van der Waals surface area (Å²) in [6, 6.07) is 13.7. The monoisotopic (exact) mass is 236 g/mol. The molecule has 18 heavy (non-hydrogen) atoms. The van der Waals surface area contributed by atoms with E-state index in [0.29, 0.717) is 5.56 Å². The summed E-state index contributed by atoms with van der Waals surface area (Å²) in [6.07, 6.45) is 0.872. The van der Waals surface area contributed by atoms with Gasteiger partial charge in [-0.3, -0.25) is 9.89 Å². The van der Waals surface area contributed by atoms with E-state index in [1.165, 1.54) is 5.56 Å². The fraction of sp³-hybridized carbons (Fsp3) is 0.0667. The number of hydrogen-bond acceptors (Lipinski definition) is 2. The van der Waals surface area contributed by atoms with Crippen LogP contribution < -0.4 is 0 Å². The molecule has 0 saturated carbocycles. The van der Waals surface area contributed by atoms with E-state index in [9.17, 15) is 4.79 Å². The van der Waals surface area contributed by atoms with Crippen LogP contribution >= 0.6 is 0 Å². The summed E-state index contributed by atoms with van der Waals surface area (Å²) in [5.74, 6) is 0. The van der Waals surface area contributed by atoms with E-state index in [4.69, 9.17) is 0 Å². The Morgan fingerprint density at radius 1 is 1.17 bits per heavy atom. The van der Waals surface area contributed by atoms with Crippen molar-refractivity contribution in [1.29, 1.82) is 0 Å². The molecule has 0 bridgehead atoms. The van der Waals surface area contributed by atoms with E-state index in [2.05, 4.69) is 16.3 Å². The van der Waals surface area contributed by atoms with Gasteiger partial charge < -0.3 is 0 Å². The maximum absolute atomic E-state index is 11.1. The van der Waals surface area contributed by atoms with Crippen molar-refractivity contribution in [2.45, 2.75) is 6.92 Å². The normalized spacial score (nSPS) is 10.7. The van der Waals surface area contributed by atoms with Crippen molar-refractivity contribution in [3.63, 3.8) is 0 Å². The molecule has 0 atom stereocenters. The first-order valence-electron chi connectivity index (χ1n) is 5.79. The molecule has 0 spiro atoms. The SMILES string of the molecule is Cc1cccc(-c2n[nH]c3cccc(C=O)c23)c1. The standard InChI is InChI=1S/C15H12N2O/c1-10-4-2-5-11(8-10)15-14-12(9-18)6-3-7-13(14)16-17-15/h2-9H,1H3,(H,16,17). The highest BCUT2D eigenvalue weighted by molar-refractivity contribution is 6.04. The Kier molecular flexibility index (Phi) is 2.45. The average molecular weight is 236 g/mol. The van der Waals surface area contributed by atoms with Crippen LogP contribution in [0.25, 0.3) is 22.2 Å². The number of aldehydes is 1. The van der Waals surface area contributed by atoms with Crippen molar-refractivity contribution in [2.75, 3.05) is 0 Å². The highest BCUT2D eigenvalue weighted by atomic mass is 16.1. The van der Waals surface area contributed by atoms with Gasteiger partial charge in [-0.25, -0.2) is 0 Å². The third kappa shape index (κ3) is 1.61. The third-order valence-electron chi connectivity index (χ3n) is 3.04. The minimum atomic E-state index is 0.665. The van der Waals surface area contributed by atoms with Crippen LogP contribution in [0.3, 0.4) is 0 Å². The number of carbonyl (C=O) groups is 1. The van der Waals surface area contributed by atoms with Gasteiger partial charge in [0, 0.05) is 16.5 Å². The van der Waals surface area contributed by atoms with Crippen LogP contribution in [0.15, 0.2) is 42.5 Å². The van der Waals surface area contributed by atoms with Gasteiger partial charge in [0.15, 0.2) is 6.29 Å². The molecule has 0 aliphatic carbocycles. The second kappa shape index (κ2) is 4.11. The Morgan fingerprint density at radius 2 is 2.00 bits per heavy atom. The molecule has 0 saturated heterocycles. The van der Waals surface area contributed by atoms with Crippen LogP contribution in [0, 0.1) is 6.92 Å². The number of H-pyrrole nitrogens is 1. The zero-order chi connectivity index (χ0) is 12.5. The molecule has 0 unspecified atom stereocenters. The second-order valence-corrected chi connectivity index (χ2v) is 4.33. The summed E-state index contributed by atoms with van der Waals surface area (Å²) in [5, 5.41) is 8.19. The molecule has 0 amide bonds. The summed E-state index contributed by atoms with van der Waals surface area (Å²) in [7, 11) is 0. The lowest BCUT2D eigenvalue weighted by atomic mass is 10.0. The highest BCUT2D eigenvalue weighted by Crippen LogP contribution is 2.28. The maximum Gasteiger partial charge on any atom is 0.150 e. The molecule has 3 aromatic rings. The minimum absolute atomic E-state index is 0.665. The number of benzene rings is 2. The number of nitrogens with one attached hydrogen (secondary N) is 1. The van der Waals surface area contributed by atoms with E-state index >= 15 is 0 Å². The fourth-order valence-corrected chi connectivity index (χ4v) is 2.20. The van der Waals surface area contributed by atoms with Gasteiger partial charge in [0.1, 0.15) is 5.69 Å². The van der Waals surface area contributed by atoms with Crippen molar-refractivity contribution < 1.29 is 4.79 Å². The van der Waals surface area contributed by atoms with Gasteiger partial charge in [-0.1, -0.05) is 35.9 Å². The summed E-state index contributed by atoms with van der Waals surface area (Å²) >= 11 is 0. The maximum atomic E-state index is 11.1. The van der Waals surface area contributed by atoms with Gasteiger partial charge in [-0.15, -0.1) is 0 Å². The number of aryl methyl sites for hydroxylation is 1. The number of aromatic amines is 1. The van der Waals surface area contributed by atoms with E-state index in [-0.39, 0.29) is 0 Å². The quantitative estimate of drug-likeness (QED) is 0.693. The van der Waals surface area contributed by atoms with Crippen LogP contribution in [-0.2, 0) is 0 Å². The lowest BCUT2D eigenvalue weighted by Gasteiger charge is -2.01. The average Bonchev–Trinajstić information content (AvgIpc) is 2.82. The van der Waals surface area contributed by atoms with Gasteiger partial charge in [-0.2, -0.15) is 5.10 Å². The van der Waals surface area contributed by atoms with Gasteiger partial charge in [0.05, 0.1) is 5.52 Å². The first kappa shape index (κ1) is 10.7. The molecular weight excluding hydrogens is 224 g/mol. The summed E-state index contributed by atoms with van der Waals surface area (Å²) in [4.78, 5) is 11.1. The number of fused-ring (bicyclic) bond motifs is 1. The minimum Gasteiger partial charge on any atom is -0.298 e. The number of rotatable bonds is 2. The van der Waals surface area contributed by atoms with Crippen LogP contribution in [-0.4, -0.2) is 16.5 Å². The molecule has 1 aromatic heterocycles. The van der Waals surface area contributed by atoms with Crippen molar-refractivity contribution in [1.82, 2.24) is 10.2 Å².